The molecule has 3 unspecified atom stereocenters. The molecule has 2 fully saturated rings. The molecule has 1 aromatic carbocycles. The second-order valence-corrected chi connectivity index (χ2v) is 6.45. The molecule has 2 aliphatic rings. The van der Waals surface area contributed by atoms with Crippen LogP contribution < -0.4 is 5.73 Å². The van der Waals surface area contributed by atoms with Crippen LogP contribution in [0.5, 0.6) is 0 Å². The Labute approximate surface area is 117 Å². The molecule has 3 atom stereocenters. The topological polar surface area (TPSA) is 29.3 Å². The average molecular weight is 258 g/mol. The molecule has 0 bridgehead atoms. The van der Waals surface area contributed by atoms with Gasteiger partial charge < -0.3 is 10.6 Å². The van der Waals surface area contributed by atoms with E-state index in [1.54, 1.807) is 0 Å². The summed E-state index contributed by atoms with van der Waals surface area (Å²) in [5, 5.41) is 0. The van der Waals surface area contributed by atoms with Gasteiger partial charge in [-0.1, -0.05) is 36.8 Å². The van der Waals surface area contributed by atoms with E-state index in [0.717, 1.165) is 11.8 Å². The van der Waals surface area contributed by atoms with Crippen LogP contribution in [0.4, 0.5) is 0 Å². The summed E-state index contributed by atoms with van der Waals surface area (Å²) in [4.78, 5) is 2.67. The van der Waals surface area contributed by atoms with Crippen LogP contribution in [0, 0.1) is 5.92 Å². The lowest BCUT2D eigenvalue weighted by atomic mass is 9.86. The molecular weight excluding hydrogens is 232 g/mol. The van der Waals surface area contributed by atoms with Crippen LogP contribution in [0.1, 0.15) is 43.6 Å². The number of benzene rings is 1. The van der Waals surface area contributed by atoms with Crippen LogP contribution in [0.3, 0.4) is 0 Å². The second-order valence-electron chi connectivity index (χ2n) is 6.45. The summed E-state index contributed by atoms with van der Waals surface area (Å²) in [6.07, 6.45) is 6.53. The van der Waals surface area contributed by atoms with E-state index in [4.69, 9.17) is 5.73 Å². The molecule has 1 aromatic rings. The number of nitrogens with zero attached hydrogens (tertiary/aromatic N) is 1. The number of hydrogen-bond donors (Lipinski definition) is 1. The van der Waals surface area contributed by atoms with Gasteiger partial charge in [0, 0.05) is 19.1 Å². The van der Waals surface area contributed by atoms with Crippen LogP contribution in [0.25, 0.3) is 0 Å². The molecule has 0 amide bonds. The van der Waals surface area contributed by atoms with E-state index < -0.39 is 0 Å². The zero-order valence-electron chi connectivity index (χ0n) is 11.8. The van der Waals surface area contributed by atoms with Crippen molar-refractivity contribution in [3.63, 3.8) is 0 Å². The van der Waals surface area contributed by atoms with Crippen molar-refractivity contribution in [2.75, 3.05) is 19.6 Å². The minimum Gasteiger partial charge on any atom is -0.328 e. The van der Waals surface area contributed by atoms with E-state index in [0.29, 0.717) is 6.04 Å². The first-order chi connectivity index (χ1) is 9.31. The van der Waals surface area contributed by atoms with E-state index in [1.807, 2.05) is 0 Å². The van der Waals surface area contributed by atoms with Crippen LogP contribution in [-0.2, 0) is 0 Å². The summed E-state index contributed by atoms with van der Waals surface area (Å²) in [6.45, 7) is 3.79. The standard InChI is InChI=1S/C17H26N2/c18-17-8-4-5-14(11-17)12-19-10-9-16(13-19)15-6-2-1-3-7-15/h1-3,6-7,14,16-17H,4-5,8-13,18H2. The Kier molecular flexibility index (Phi) is 4.19. The fourth-order valence-corrected chi connectivity index (χ4v) is 3.86. The van der Waals surface area contributed by atoms with Gasteiger partial charge in [0.05, 0.1) is 0 Å². The van der Waals surface area contributed by atoms with Crippen LogP contribution >= 0.6 is 0 Å². The highest BCUT2D eigenvalue weighted by molar-refractivity contribution is 5.21. The molecule has 0 aromatic heterocycles. The second kappa shape index (κ2) is 6.06. The maximum atomic E-state index is 6.10. The summed E-state index contributed by atoms with van der Waals surface area (Å²) in [5.74, 6) is 1.59. The molecule has 2 heteroatoms. The minimum absolute atomic E-state index is 0.464. The maximum absolute atomic E-state index is 6.10. The van der Waals surface area contributed by atoms with Gasteiger partial charge in [0.25, 0.3) is 0 Å². The van der Waals surface area contributed by atoms with Gasteiger partial charge in [0.1, 0.15) is 0 Å². The predicted molar refractivity (Wildman–Crippen MR) is 80.2 cm³/mol. The molecule has 1 saturated heterocycles. The summed E-state index contributed by atoms with van der Waals surface area (Å²) >= 11 is 0. The largest absolute Gasteiger partial charge is 0.328 e. The third kappa shape index (κ3) is 3.37. The molecule has 2 nitrogen and oxygen atoms in total. The van der Waals surface area contributed by atoms with Crippen molar-refractivity contribution in [3.8, 4) is 0 Å². The predicted octanol–water partition coefficient (Wildman–Crippen LogP) is 2.99. The average Bonchev–Trinajstić information content (AvgIpc) is 2.88. The Balaban J connectivity index is 1.52. The molecular formula is C17H26N2. The van der Waals surface area contributed by atoms with Crippen molar-refractivity contribution in [1.82, 2.24) is 4.90 Å². The molecule has 2 N–H and O–H groups in total. The highest BCUT2D eigenvalue weighted by atomic mass is 15.1. The third-order valence-corrected chi connectivity index (χ3v) is 4.88. The highest BCUT2D eigenvalue weighted by Gasteiger charge is 2.27. The molecule has 19 heavy (non-hydrogen) atoms. The van der Waals surface area contributed by atoms with E-state index >= 15 is 0 Å². The van der Waals surface area contributed by atoms with Crippen molar-refractivity contribution >= 4 is 0 Å². The zero-order chi connectivity index (χ0) is 13.1. The summed E-state index contributed by atoms with van der Waals surface area (Å²) in [5.41, 5.74) is 7.62. The first-order valence-electron chi connectivity index (χ1n) is 7.84. The van der Waals surface area contributed by atoms with E-state index in [1.165, 1.54) is 57.3 Å². The van der Waals surface area contributed by atoms with Gasteiger partial charge in [0.15, 0.2) is 0 Å². The van der Waals surface area contributed by atoms with Crippen LogP contribution in [0.2, 0.25) is 0 Å². The van der Waals surface area contributed by atoms with Gasteiger partial charge >= 0.3 is 0 Å². The lowest BCUT2D eigenvalue weighted by Gasteiger charge is -2.30. The number of likely N-dealkylation sites (tertiary alicyclic amines) is 1. The normalized spacial score (nSPS) is 32.6. The van der Waals surface area contributed by atoms with Crippen LogP contribution in [0.15, 0.2) is 30.3 Å². The van der Waals surface area contributed by atoms with Gasteiger partial charge in [-0.2, -0.15) is 0 Å². The molecule has 3 rings (SSSR count). The first-order valence-corrected chi connectivity index (χ1v) is 7.84. The van der Waals surface area contributed by atoms with Gasteiger partial charge in [-0.3, -0.25) is 0 Å². The number of rotatable bonds is 3. The van der Waals surface area contributed by atoms with Crippen molar-refractivity contribution in [1.29, 1.82) is 0 Å². The maximum Gasteiger partial charge on any atom is 0.00509 e. The summed E-state index contributed by atoms with van der Waals surface area (Å²) in [7, 11) is 0. The number of hydrogen-bond acceptors (Lipinski definition) is 2. The molecule has 1 aliphatic carbocycles. The smallest absolute Gasteiger partial charge is 0.00509 e. The van der Waals surface area contributed by atoms with Crippen LogP contribution in [-0.4, -0.2) is 30.6 Å². The quantitative estimate of drug-likeness (QED) is 0.903. The monoisotopic (exact) mass is 258 g/mol. The van der Waals surface area contributed by atoms with E-state index in [2.05, 4.69) is 35.2 Å². The molecule has 1 saturated carbocycles. The fourth-order valence-electron chi connectivity index (χ4n) is 3.86. The zero-order valence-corrected chi connectivity index (χ0v) is 11.8. The van der Waals surface area contributed by atoms with Crippen molar-refractivity contribution in [2.24, 2.45) is 11.7 Å². The molecule has 1 heterocycles. The third-order valence-electron chi connectivity index (χ3n) is 4.88. The molecule has 1 aliphatic heterocycles. The Morgan fingerprint density at radius 2 is 1.95 bits per heavy atom. The number of nitrogens with two attached hydrogens (primary N) is 1. The lowest BCUT2D eigenvalue weighted by molar-refractivity contribution is 0.220. The van der Waals surface area contributed by atoms with Crippen molar-refractivity contribution in [2.45, 2.75) is 44.1 Å². The molecule has 104 valence electrons. The van der Waals surface area contributed by atoms with E-state index in [9.17, 15) is 0 Å². The highest BCUT2D eigenvalue weighted by Crippen LogP contribution is 2.30. The van der Waals surface area contributed by atoms with Crippen molar-refractivity contribution in [3.05, 3.63) is 35.9 Å². The Morgan fingerprint density at radius 1 is 1.11 bits per heavy atom. The molecule has 0 spiro atoms. The Hall–Kier alpha value is -0.860. The van der Waals surface area contributed by atoms with E-state index in [-0.39, 0.29) is 0 Å². The fraction of sp³-hybridized carbons (Fsp3) is 0.647. The van der Waals surface area contributed by atoms with Gasteiger partial charge in [-0.25, -0.2) is 0 Å². The lowest BCUT2D eigenvalue weighted by Crippen LogP contribution is -2.34. The Morgan fingerprint density at radius 3 is 2.74 bits per heavy atom. The molecule has 0 radical (unpaired) electrons. The summed E-state index contributed by atoms with van der Waals surface area (Å²) in [6, 6.07) is 11.5. The van der Waals surface area contributed by atoms with Gasteiger partial charge in [-0.15, -0.1) is 0 Å². The van der Waals surface area contributed by atoms with Gasteiger partial charge in [0.2, 0.25) is 0 Å². The Bertz CT molecular complexity index is 390. The SMILES string of the molecule is NC1CCCC(CN2CCC(c3ccccc3)C2)C1. The minimum atomic E-state index is 0.464. The first kappa shape index (κ1) is 13.1. The van der Waals surface area contributed by atoms with Crippen molar-refractivity contribution < 1.29 is 0 Å². The summed E-state index contributed by atoms with van der Waals surface area (Å²) < 4.78 is 0. The van der Waals surface area contributed by atoms with Gasteiger partial charge in [-0.05, 0) is 49.6 Å².